The number of thiophene rings is 1. The monoisotopic (exact) mass is 412 g/mol. The maximum absolute atomic E-state index is 13.1. The van der Waals surface area contributed by atoms with Gasteiger partial charge in [0.2, 0.25) is 0 Å². The van der Waals surface area contributed by atoms with Gasteiger partial charge in [0.05, 0.1) is 14.5 Å². The van der Waals surface area contributed by atoms with Gasteiger partial charge in [0.1, 0.15) is 0 Å². The summed E-state index contributed by atoms with van der Waals surface area (Å²) in [5, 5.41) is 4.98. The van der Waals surface area contributed by atoms with Crippen LogP contribution in [-0.4, -0.2) is 11.5 Å². The quantitative estimate of drug-likeness (QED) is 0.750. The molecule has 0 saturated carbocycles. The van der Waals surface area contributed by atoms with E-state index in [1.165, 1.54) is 23.7 Å². The molecule has 2 nitrogen and oxygen atoms in total. The van der Waals surface area contributed by atoms with Crippen LogP contribution >= 0.6 is 33.9 Å². The Morgan fingerprint density at radius 3 is 2.75 bits per heavy atom. The van der Waals surface area contributed by atoms with E-state index in [4.69, 9.17) is 0 Å². The van der Waals surface area contributed by atoms with Gasteiger partial charge < -0.3 is 5.32 Å². The van der Waals surface area contributed by atoms with Gasteiger partial charge in [-0.2, -0.15) is 13.2 Å². The lowest BCUT2D eigenvalue weighted by molar-refractivity contribution is -0.138. The first-order chi connectivity index (χ1) is 9.43. The molecule has 2 rings (SSSR count). The molecule has 1 unspecified atom stereocenters. The minimum atomic E-state index is -4.38. The van der Waals surface area contributed by atoms with E-state index in [1.54, 1.807) is 0 Å². The average Bonchev–Trinajstić information content (AvgIpc) is 2.81. The molecular weight excluding hydrogens is 400 g/mol. The summed E-state index contributed by atoms with van der Waals surface area (Å²) < 4.78 is 40.4. The Morgan fingerprint density at radius 2 is 2.20 bits per heavy atom. The lowest BCUT2D eigenvalue weighted by Gasteiger charge is -2.21. The van der Waals surface area contributed by atoms with E-state index in [9.17, 15) is 13.2 Å². The lowest BCUT2D eigenvalue weighted by Crippen LogP contribution is -2.24. The summed E-state index contributed by atoms with van der Waals surface area (Å²) in [6, 6.07) is 2.42. The van der Waals surface area contributed by atoms with Gasteiger partial charge in [-0.15, -0.1) is 11.3 Å². The number of rotatable bonds is 4. The van der Waals surface area contributed by atoms with Crippen LogP contribution in [0, 0.1) is 2.88 Å². The van der Waals surface area contributed by atoms with Crippen molar-refractivity contribution in [1.82, 2.24) is 10.3 Å². The molecule has 0 spiro atoms. The zero-order valence-corrected chi connectivity index (χ0v) is 13.5. The molecule has 2 heterocycles. The standard InChI is InChI=1S/C13H12F3IN2S/c1-2-19-12(8-5-11(17)20-7-8)9-6-18-4-3-10(9)13(14,15)16/h3-7,12,19H,2H2,1H3. The van der Waals surface area contributed by atoms with Crippen molar-refractivity contribution < 1.29 is 13.2 Å². The summed E-state index contributed by atoms with van der Waals surface area (Å²) in [4.78, 5) is 3.86. The summed E-state index contributed by atoms with van der Waals surface area (Å²) in [5.41, 5.74) is 0.357. The first-order valence-electron chi connectivity index (χ1n) is 5.92. The van der Waals surface area contributed by atoms with E-state index in [0.29, 0.717) is 6.54 Å². The summed E-state index contributed by atoms with van der Waals surface area (Å²) in [5.74, 6) is 0. The van der Waals surface area contributed by atoms with Crippen molar-refractivity contribution >= 4 is 33.9 Å². The van der Waals surface area contributed by atoms with Crippen molar-refractivity contribution in [3.05, 3.63) is 49.5 Å². The largest absolute Gasteiger partial charge is 0.416 e. The molecule has 0 bridgehead atoms. The van der Waals surface area contributed by atoms with Crippen LogP contribution in [0.1, 0.15) is 29.7 Å². The van der Waals surface area contributed by atoms with Crippen LogP contribution in [0.2, 0.25) is 0 Å². The SMILES string of the molecule is CCNC(c1csc(I)c1)c1cnccc1C(F)(F)F. The molecule has 0 aromatic carbocycles. The predicted octanol–water partition coefficient (Wildman–Crippen LogP) is 4.47. The molecule has 2 aromatic heterocycles. The summed E-state index contributed by atoms with van der Waals surface area (Å²) in [7, 11) is 0. The molecule has 0 saturated heterocycles. The van der Waals surface area contributed by atoms with E-state index in [1.807, 2.05) is 18.4 Å². The number of pyridine rings is 1. The topological polar surface area (TPSA) is 24.9 Å². The van der Waals surface area contributed by atoms with Crippen LogP contribution in [-0.2, 0) is 6.18 Å². The van der Waals surface area contributed by atoms with Crippen molar-refractivity contribution in [3.8, 4) is 0 Å². The third-order valence-corrected chi connectivity index (χ3v) is 4.60. The van der Waals surface area contributed by atoms with Crippen molar-refractivity contribution in [2.24, 2.45) is 0 Å². The van der Waals surface area contributed by atoms with Crippen molar-refractivity contribution in [1.29, 1.82) is 0 Å². The van der Waals surface area contributed by atoms with Gasteiger partial charge in [0, 0.05) is 18.0 Å². The Bertz CT molecular complexity index is 583. The van der Waals surface area contributed by atoms with E-state index in [-0.39, 0.29) is 5.56 Å². The van der Waals surface area contributed by atoms with Gasteiger partial charge in [-0.1, -0.05) is 6.92 Å². The number of hydrogen-bond donors (Lipinski definition) is 1. The molecular formula is C13H12F3IN2S. The Labute approximate surface area is 132 Å². The van der Waals surface area contributed by atoms with Crippen molar-refractivity contribution in [2.45, 2.75) is 19.1 Å². The lowest BCUT2D eigenvalue weighted by atomic mass is 9.98. The van der Waals surface area contributed by atoms with Crippen LogP contribution in [0.5, 0.6) is 0 Å². The smallest absolute Gasteiger partial charge is 0.306 e. The second-order valence-electron chi connectivity index (χ2n) is 4.14. The minimum absolute atomic E-state index is 0.163. The fourth-order valence-electron chi connectivity index (χ4n) is 1.98. The van der Waals surface area contributed by atoms with Crippen LogP contribution in [0.15, 0.2) is 29.9 Å². The fraction of sp³-hybridized carbons (Fsp3) is 0.308. The van der Waals surface area contributed by atoms with E-state index in [2.05, 4.69) is 32.9 Å². The number of halogens is 4. The number of hydrogen-bond acceptors (Lipinski definition) is 3. The fourth-order valence-corrected chi connectivity index (χ4v) is 3.38. The first kappa shape index (κ1) is 15.7. The number of aromatic nitrogens is 1. The molecule has 2 aromatic rings. The molecule has 1 N–H and O–H groups in total. The highest BCUT2D eigenvalue weighted by atomic mass is 127. The zero-order valence-electron chi connectivity index (χ0n) is 10.5. The molecule has 20 heavy (non-hydrogen) atoms. The maximum atomic E-state index is 13.1. The Morgan fingerprint density at radius 1 is 1.45 bits per heavy atom. The summed E-state index contributed by atoms with van der Waals surface area (Å²) in [6.45, 7) is 2.44. The van der Waals surface area contributed by atoms with E-state index >= 15 is 0 Å². The highest BCUT2D eigenvalue weighted by molar-refractivity contribution is 14.1. The highest BCUT2D eigenvalue weighted by Gasteiger charge is 2.35. The van der Waals surface area contributed by atoms with Gasteiger partial charge in [0.15, 0.2) is 0 Å². The first-order valence-corrected chi connectivity index (χ1v) is 7.87. The number of alkyl halides is 3. The molecule has 108 valence electrons. The Balaban J connectivity index is 2.50. The highest BCUT2D eigenvalue weighted by Crippen LogP contribution is 2.37. The second-order valence-corrected chi connectivity index (χ2v) is 6.94. The average molecular weight is 412 g/mol. The molecule has 1 atom stereocenters. The number of nitrogens with zero attached hydrogens (tertiary/aromatic N) is 1. The van der Waals surface area contributed by atoms with Crippen molar-refractivity contribution in [3.63, 3.8) is 0 Å². The summed E-state index contributed by atoms with van der Waals surface area (Å²) >= 11 is 3.67. The second kappa shape index (κ2) is 6.40. The molecule has 0 fully saturated rings. The van der Waals surface area contributed by atoms with E-state index in [0.717, 1.165) is 14.5 Å². The van der Waals surface area contributed by atoms with Crippen LogP contribution in [0.4, 0.5) is 13.2 Å². The summed E-state index contributed by atoms with van der Waals surface area (Å²) in [6.07, 6.45) is -1.91. The Hall–Kier alpha value is -0.670. The molecule has 0 aliphatic rings. The Kier molecular flexibility index (Phi) is 5.03. The maximum Gasteiger partial charge on any atom is 0.416 e. The van der Waals surface area contributed by atoms with Crippen LogP contribution < -0.4 is 5.32 Å². The van der Waals surface area contributed by atoms with Crippen molar-refractivity contribution in [2.75, 3.05) is 6.54 Å². The third kappa shape index (κ3) is 3.50. The van der Waals surface area contributed by atoms with Gasteiger partial charge in [-0.25, -0.2) is 0 Å². The zero-order chi connectivity index (χ0) is 14.8. The predicted molar refractivity (Wildman–Crippen MR) is 81.8 cm³/mol. The molecule has 0 radical (unpaired) electrons. The van der Waals surface area contributed by atoms with Gasteiger partial charge >= 0.3 is 6.18 Å². The van der Waals surface area contributed by atoms with Gasteiger partial charge in [0.25, 0.3) is 0 Å². The van der Waals surface area contributed by atoms with Crippen LogP contribution in [0.25, 0.3) is 0 Å². The van der Waals surface area contributed by atoms with Gasteiger partial charge in [-0.05, 0) is 52.2 Å². The molecule has 7 heteroatoms. The molecule has 0 aliphatic carbocycles. The van der Waals surface area contributed by atoms with Crippen LogP contribution in [0.3, 0.4) is 0 Å². The normalized spacial score (nSPS) is 13.4. The van der Waals surface area contributed by atoms with E-state index < -0.39 is 17.8 Å². The molecule has 0 amide bonds. The molecule has 0 aliphatic heterocycles. The minimum Gasteiger partial charge on any atom is -0.306 e. The van der Waals surface area contributed by atoms with Gasteiger partial charge in [-0.3, -0.25) is 4.98 Å². The number of nitrogens with one attached hydrogen (secondary N) is 1. The third-order valence-electron chi connectivity index (χ3n) is 2.80.